The van der Waals surface area contributed by atoms with Gasteiger partial charge in [0.2, 0.25) is 0 Å². The summed E-state index contributed by atoms with van der Waals surface area (Å²) in [5.41, 5.74) is 1.03. The smallest absolute Gasteiger partial charge is 0.330 e. The minimum absolute atomic E-state index is 0.271. The van der Waals surface area contributed by atoms with E-state index in [-0.39, 0.29) is 6.61 Å². The third-order valence-electron chi connectivity index (χ3n) is 1.87. The normalized spacial score (nSPS) is 10.9. The summed E-state index contributed by atoms with van der Waals surface area (Å²) in [6, 6.07) is 9.73. The summed E-state index contributed by atoms with van der Waals surface area (Å²) in [4.78, 5) is 10.7. The Bertz CT molecular complexity index is 382. The second-order valence-corrected chi connectivity index (χ2v) is 3.61. The lowest BCUT2D eigenvalue weighted by atomic mass is 10.2. The molecule has 0 unspecified atom stereocenters. The van der Waals surface area contributed by atoms with Gasteiger partial charge in [0.1, 0.15) is 0 Å². The molecular weight excluding hydrogens is 224 g/mol. The average Bonchev–Trinajstić information content (AvgIpc) is 2.30. The van der Waals surface area contributed by atoms with Crippen LogP contribution in [0.25, 0.3) is 6.08 Å². The summed E-state index contributed by atoms with van der Waals surface area (Å²) in [7, 11) is 0. The summed E-state index contributed by atoms with van der Waals surface area (Å²) in [6.07, 6.45) is 3.49. The highest BCUT2D eigenvalue weighted by molar-refractivity contribution is 6.31. The van der Waals surface area contributed by atoms with E-state index in [9.17, 15) is 4.79 Å². The molecule has 1 aromatic carbocycles. The van der Waals surface area contributed by atoms with Gasteiger partial charge in [-0.2, -0.15) is 0 Å². The maximum Gasteiger partial charge on any atom is 0.330 e. The highest BCUT2D eigenvalue weighted by Gasteiger charge is 1.97. The molecule has 1 aromatic rings. The van der Waals surface area contributed by atoms with Crippen LogP contribution >= 0.6 is 11.6 Å². The molecule has 0 aliphatic carbocycles. The molecule has 0 atom stereocenters. The first kappa shape index (κ1) is 12.5. The van der Waals surface area contributed by atoms with Crippen LogP contribution in [0.4, 0.5) is 0 Å². The Hall–Kier alpha value is -1.54. The number of rotatable bonds is 5. The first-order valence-electron chi connectivity index (χ1n) is 4.92. The number of halogens is 1. The van der Waals surface area contributed by atoms with Gasteiger partial charge >= 0.3 is 5.97 Å². The Morgan fingerprint density at radius 1 is 1.38 bits per heavy atom. The van der Waals surface area contributed by atoms with Gasteiger partial charge in [0.15, 0.2) is 0 Å². The molecular formula is C13H13ClO2. The lowest BCUT2D eigenvalue weighted by Crippen LogP contribution is -2.01. The fourth-order valence-corrected chi connectivity index (χ4v) is 1.31. The molecule has 0 radical (unpaired) electrons. The molecule has 0 aliphatic rings. The Labute approximate surface area is 100 Å². The molecule has 2 nitrogen and oxygen atoms in total. The molecule has 0 aromatic heterocycles. The molecule has 0 saturated heterocycles. The van der Waals surface area contributed by atoms with E-state index in [0.29, 0.717) is 11.5 Å². The van der Waals surface area contributed by atoms with Crippen LogP contribution in [0.15, 0.2) is 48.0 Å². The minimum Gasteiger partial charge on any atom is -0.462 e. The molecule has 0 aliphatic heterocycles. The van der Waals surface area contributed by atoms with E-state index in [2.05, 4.69) is 6.58 Å². The van der Waals surface area contributed by atoms with Crippen molar-refractivity contribution < 1.29 is 9.53 Å². The minimum atomic E-state index is -0.427. The predicted octanol–water partition coefficient (Wildman–Crippen LogP) is 3.39. The van der Waals surface area contributed by atoms with Crippen molar-refractivity contribution in [3.05, 3.63) is 53.6 Å². The number of carbonyl (C=O) groups excluding carboxylic acids is 1. The van der Waals surface area contributed by atoms with E-state index < -0.39 is 5.97 Å². The Morgan fingerprint density at radius 3 is 2.69 bits per heavy atom. The van der Waals surface area contributed by atoms with E-state index in [4.69, 9.17) is 16.3 Å². The van der Waals surface area contributed by atoms with E-state index in [0.717, 1.165) is 11.6 Å². The number of ether oxygens (including phenoxy) is 1. The van der Waals surface area contributed by atoms with Crippen LogP contribution in [0.2, 0.25) is 0 Å². The fourth-order valence-electron chi connectivity index (χ4n) is 1.11. The Balaban J connectivity index is 2.40. The summed E-state index contributed by atoms with van der Waals surface area (Å²) < 4.78 is 4.82. The van der Waals surface area contributed by atoms with Crippen molar-refractivity contribution in [2.45, 2.75) is 6.42 Å². The molecule has 0 saturated carbocycles. The molecule has 1 rings (SSSR count). The van der Waals surface area contributed by atoms with Gasteiger partial charge in [0.25, 0.3) is 0 Å². The number of hydrogen-bond acceptors (Lipinski definition) is 2. The zero-order chi connectivity index (χ0) is 11.8. The van der Waals surface area contributed by atoms with Crippen LogP contribution in [-0.4, -0.2) is 12.6 Å². The van der Waals surface area contributed by atoms with Crippen LogP contribution in [0.1, 0.15) is 12.0 Å². The molecule has 0 spiro atoms. The Kier molecular flexibility index (Phi) is 5.37. The van der Waals surface area contributed by atoms with Gasteiger partial charge in [0.05, 0.1) is 6.61 Å². The van der Waals surface area contributed by atoms with Gasteiger partial charge in [-0.05, 0) is 11.6 Å². The van der Waals surface area contributed by atoms with E-state index in [1.807, 2.05) is 36.4 Å². The third-order valence-corrected chi connectivity index (χ3v) is 2.17. The number of benzene rings is 1. The molecule has 0 amide bonds. The second kappa shape index (κ2) is 6.85. The van der Waals surface area contributed by atoms with E-state index in [1.54, 1.807) is 0 Å². The van der Waals surface area contributed by atoms with Crippen molar-refractivity contribution >= 4 is 23.6 Å². The quantitative estimate of drug-likeness (QED) is 0.579. The van der Waals surface area contributed by atoms with Crippen LogP contribution < -0.4 is 0 Å². The average molecular weight is 237 g/mol. The standard InChI is InChI=1S/C13H13ClO2/c1-2-13(15)16-9-8-12(14)10-11-6-4-3-5-7-11/h2-7,10H,1,8-9H2/b12-10-. The first-order chi connectivity index (χ1) is 7.72. The van der Waals surface area contributed by atoms with Gasteiger partial charge in [0, 0.05) is 17.5 Å². The molecule has 16 heavy (non-hydrogen) atoms. The van der Waals surface area contributed by atoms with Crippen LogP contribution in [0.3, 0.4) is 0 Å². The lowest BCUT2D eigenvalue weighted by molar-refractivity contribution is -0.137. The highest BCUT2D eigenvalue weighted by Crippen LogP contribution is 2.13. The topological polar surface area (TPSA) is 26.3 Å². The second-order valence-electron chi connectivity index (χ2n) is 3.12. The maximum absolute atomic E-state index is 10.7. The molecule has 0 fully saturated rings. The Morgan fingerprint density at radius 2 is 2.06 bits per heavy atom. The lowest BCUT2D eigenvalue weighted by Gasteiger charge is -2.01. The molecule has 0 heterocycles. The first-order valence-corrected chi connectivity index (χ1v) is 5.30. The van der Waals surface area contributed by atoms with Gasteiger partial charge in [-0.25, -0.2) is 4.79 Å². The third kappa shape index (κ3) is 4.80. The van der Waals surface area contributed by atoms with Crippen LogP contribution in [-0.2, 0) is 9.53 Å². The molecule has 3 heteroatoms. The van der Waals surface area contributed by atoms with Crippen molar-refractivity contribution in [1.82, 2.24) is 0 Å². The fraction of sp³-hybridized carbons (Fsp3) is 0.154. The van der Waals surface area contributed by atoms with Crippen molar-refractivity contribution in [1.29, 1.82) is 0 Å². The highest BCUT2D eigenvalue weighted by atomic mass is 35.5. The van der Waals surface area contributed by atoms with Gasteiger partial charge < -0.3 is 4.74 Å². The van der Waals surface area contributed by atoms with Crippen LogP contribution in [0.5, 0.6) is 0 Å². The SMILES string of the molecule is C=CC(=O)OCC/C(Cl)=C/c1ccccc1. The summed E-state index contributed by atoms with van der Waals surface area (Å²) in [5, 5.41) is 0.656. The molecule has 0 N–H and O–H groups in total. The maximum atomic E-state index is 10.7. The van der Waals surface area contributed by atoms with Gasteiger partial charge in [-0.3, -0.25) is 0 Å². The van der Waals surface area contributed by atoms with E-state index >= 15 is 0 Å². The zero-order valence-electron chi connectivity index (χ0n) is 8.86. The zero-order valence-corrected chi connectivity index (χ0v) is 9.61. The largest absolute Gasteiger partial charge is 0.462 e. The van der Waals surface area contributed by atoms with Crippen LogP contribution in [0, 0.1) is 0 Å². The van der Waals surface area contributed by atoms with Gasteiger partial charge in [-0.1, -0.05) is 48.5 Å². The summed E-state index contributed by atoms with van der Waals surface area (Å²) >= 11 is 5.99. The number of hydrogen-bond donors (Lipinski definition) is 0. The van der Waals surface area contributed by atoms with Crippen molar-refractivity contribution in [2.24, 2.45) is 0 Å². The van der Waals surface area contributed by atoms with Crippen molar-refractivity contribution in [2.75, 3.05) is 6.61 Å². The van der Waals surface area contributed by atoms with E-state index in [1.165, 1.54) is 0 Å². The number of carbonyl (C=O) groups is 1. The van der Waals surface area contributed by atoms with Gasteiger partial charge in [-0.15, -0.1) is 0 Å². The summed E-state index contributed by atoms with van der Waals surface area (Å²) in [5.74, 6) is -0.427. The monoisotopic (exact) mass is 236 g/mol. The molecule has 0 bridgehead atoms. The van der Waals surface area contributed by atoms with Crippen molar-refractivity contribution in [3.8, 4) is 0 Å². The van der Waals surface area contributed by atoms with Crippen molar-refractivity contribution in [3.63, 3.8) is 0 Å². The predicted molar refractivity (Wildman–Crippen MR) is 66.0 cm³/mol. The summed E-state index contributed by atoms with van der Waals surface area (Å²) in [6.45, 7) is 3.57. The molecule has 84 valence electrons. The number of esters is 1.